The molecule has 0 unspecified atom stereocenters. The second-order valence-electron chi connectivity index (χ2n) is 2.93. The lowest BCUT2D eigenvalue weighted by atomic mass is 10.2. The Bertz CT molecular complexity index is 479. The summed E-state index contributed by atoms with van der Waals surface area (Å²) in [4.78, 5) is 21.3. The van der Waals surface area contributed by atoms with Crippen LogP contribution in [0.2, 0.25) is 5.02 Å². The monoisotopic (exact) mass is 238 g/mol. The normalized spacial score (nSPS) is 9.25. The van der Waals surface area contributed by atoms with E-state index in [2.05, 4.69) is 5.32 Å². The minimum absolute atomic E-state index is 0.204. The molecule has 0 aromatic heterocycles. The van der Waals surface area contributed by atoms with Crippen LogP contribution in [0, 0.1) is 11.3 Å². The highest BCUT2D eigenvalue weighted by atomic mass is 35.5. The maximum absolute atomic E-state index is 11.1. The maximum Gasteiger partial charge on any atom is 0.312 e. The molecule has 0 aliphatic rings. The lowest BCUT2D eigenvalue weighted by molar-refractivity contribution is -0.139. The van der Waals surface area contributed by atoms with E-state index in [1.165, 1.54) is 18.2 Å². The number of benzene rings is 1. The molecule has 1 amide bonds. The van der Waals surface area contributed by atoms with Gasteiger partial charge in [-0.1, -0.05) is 11.6 Å². The number of rotatable bonds is 3. The third-order valence-corrected chi connectivity index (χ3v) is 2.00. The van der Waals surface area contributed by atoms with Crippen LogP contribution in [-0.4, -0.2) is 17.0 Å². The number of halogens is 1. The summed E-state index contributed by atoms with van der Waals surface area (Å²) >= 11 is 5.73. The molecule has 0 radical (unpaired) electrons. The van der Waals surface area contributed by atoms with Gasteiger partial charge in [0.05, 0.1) is 10.6 Å². The number of carbonyl (C=O) groups is 2. The summed E-state index contributed by atoms with van der Waals surface area (Å²) in [5.41, 5.74) is 0.646. The number of carboxylic acids is 1. The zero-order valence-electron chi connectivity index (χ0n) is 8.03. The molecular formula is C10H7ClN2O3. The van der Waals surface area contributed by atoms with Crippen molar-refractivity contribution in [2.45, 2.75) is 6.42 Å². The van der Waals surface area contributed by atoms with Gasteiger partial charge in [0.1, 0.15) is 12.5 Å². The molecule has 0 bridgehead atoms. The number of anilines is 1. The third-order valence-electron chi connectivity index (χ3n) is 1.69. The third kappa shape index (κ3) is 3.26. The summed E-state index contributed by atoms with van der Waals surface area (Å²) < 4.78 is 0. The molecule has 0 saturated carbocycles. The first kappa shape index (κ1) is 12.0. The van der Waals surface area contributed by atoms with Crippen LogP contribution >= 0.6 is 11.6 Å². The smallest absolute Gasteiger partial charge is 0.312 e. The SMILES string of the molecule is N#Cc1ccc(NC(=O)CC(=O)O)cc1Cl. The maximum atomic E-state index is 11.1. The van der Waals surface area contributed by atoms with E-state index in [0.717, 1.165) is 0 Å². The number of carboxylic acid groups (broad SMARTS) is 1. The first-order valence-electron chi connectivity index (χ1n) is 4.24. The van der Waals surface area contributed by atoms with E-state index in [-0.39, 0.29) is 10.6 Å². The summed E-state index contributed by atoms with van der Waals surface area (Å²) in [6.45, 7) is 0. The second-order valence-corrected chi connectivity index (χ2v) is 3.33. The summed E-state index contributed by atoms with van der Waals surface area (Å²) in [7, 11) is 0. The fraction of sp³-hybridized carbons (Fsp3) is 0.100. The van der Waals surface area contributed by atoms with Crippen molar-refractivity contribution in [3.63, 3.8) is 0 Å². The summed E-state index contributed by atoms with van der Waals surface area (Å²) in [6.07, 6.45) is -0.613. The molecule has 0 spiro atoms. The van der Waals surface area contributed by atoms with Gasteiger partial charge in [-0.25, -0.2) is 0 Å². The molecule has 82 valence electrons. The van der Waals surface area contributed by atoms with Crippen LogP contribution in [0.4, 0.5) is 5.69 Å². The molecule has 0 heterocycles. The highest BCUT2D eigenvalue weighted by molar-refractivity contribution is 6.32. The van der Waals surface area contributed by atoms with Gasteiger partial charge in [-0.05, 0) is 18.2 Å². The number of amides is 1. The van der Waals surface area contributed by atoms with Gasteiger partial charge < -0.3 is 10.4 Å². The first-order valence-corrected chi connectivity index (χ1v) is 4.62. The zero-order valence-corrected chi connectivity index (χ0v) is 8.78. The predicted molar refractivity (Wildman–Crippen MR) is 57.0 cm³/mol. The van der Waals surface area contributed by atoms with Crippen molar-refractivity contribution in [1.82, 2.24) is 0 Å². The van der Waals surface area contributed by atoms with Gasteiger partial charge in [0.15, 0.2) is 0 Å². The van der Waals surface area contributed by atoms with Crippen molar-refractivity contribution < 1.29 is 14.7 Å². The van der Waals surface area contributed by atoms with E-state index < -0.39 is 18.3 Å². The van der Waals surface area contributed by atoms with E-state index in [1.54, 1.807) is 0 Å². The Labute approximate surface area is 96.3 Å². The van der Waals surface area contributed by atoms with Crippen LogP contribution in [0.25, 0.3) is 0 Å². The number of nitrogens with zero attached hydrogens (tertiary/aromatic N) is 1. The molecule has 2 N–H and O–H groups in total. The number of hydrogen-bond donors (Lipinski definition) is 2. The first-order chi connectivity index (χ1) is 7.52. The number of hydrogen-bond acceptors (Lipinski definition) is 3. The molecule has 6 heteroatoms. The average molecular weight is 239 g/mol. The van der Waals surface area contributed by atoms with Crippen molar-refractivity contribution in [2.24, 2.45) is 0 Å². The van der Waals surface area contributed by atoms with Gasteiger partial charge in [0.2, 0.25) is 5.91 Å². The zero-order chi connectivity index (χ0) is 12.1. The van der Waals surface area contributed by atoms with Crippen molar-refractivity contribution in [3.05, 3.63) is 28.8 Å². The minimum Gasteiger partial charge on any atom is -0.481 e. The number of carbonyl (C=O) groups excluding carboxylic acids is 1. The molecule has 1 aromatic carbocycles. The van der Waals surface area contributed by atoms with Crippen LogP contribution in [0.3, 0.4) is 0 Å². The van der Waals surface area contributed by atoms with E-state index >= 15 is 0 Å². The summed E-state index contributed by atoms with van der Waals surface area (Å²) in [6, 6.07) is 6.18. The summed E-state index contributed by atoms with van der Waals surface area (Å²) in [5.74, 6) is -1.86. The molecule has 0 aliphatic carbocycles. The van der Waals surface area contributed by atoms with Gasteiger partial charge in [0.25, 0.3) is 0 Å². The molecule has 1 aromatic rings. The fourth-order valence-corrected chi connectivity index (χ4v) is 1.25. The largest absolute Gasteiger partial charge is 0.481 e. The Hall–Kier alpha value is -2.06. The lowest BCUT2D eigenvalue weighted by Crippen LogP contribution is -2.15. The molecule has 0 atom stereocenters. The van der Waals surface area contributed by atoms with Crippen LogP contribution in [0.5, 0.6) is 0 Å². The lowest BCUT2D eigenvalue weighted by Gasteiger charge is -2.04. The predicted octanol–water partition coefficient (Wildman–Crippen LogP) is 1.62. The van der Waals surface area contributed by atoms with Crippen molar-refractivity contribution in [1.29, 1.82) is 5.26 Å². The Morgan fingerprint density at radius 3 is 2.69 bits per heavy atom. The highest BCUT2D eigenvalue weighted by Gasteiger charge is 2.08. The van der Waals surface area contributed by atoms with Crippen LogP contribution in [-0.2, 0) is 9.59 Å². The van der Waals surface area contributed by atoms with E-state index in [4.69, 9.17) is 22.0 Å². The average Bonchev–Trinajstić information content (AvgIpc) is 2.16. The van der Waals surface area contributed by atoms with Crippen molar-refractivity contribution in [2.75, 3.05) is 5.32 Å². The molecule has 16 heavy (non-hydrogen) atoms. The Balaban J connectivity index is 2.76. The molecule has 0 saturated heterocycles. The van der Waals surface area contributed by atoms with E-state index in [1.807, 2.05) is 6.07 Å². The van der Waals surface area contributed by atoms with Crippen LogP contribution in [0.1, 0.15) is 12.0 Å². The van der Waals surface area contributed by atoms with Gasteiger partial charge >= 0.3 is 5.97 Å². The molecular weight excluding hydrogens is 232 g/mol. The Kier molecular flexibility index (Phi) is 3.86. The number of nitriles is 1. The van der Waals surface area contributed by atoms with Gasteiger partial charge in [-0.2, -0.15) is 5.26 Å². The Morgan fingerprint density at radius 2 is 2.19 bits per heavy atom. The Morgan fingerprint density at radius 1 is 1.50 bits per heavy atom. The van der Waals surface area contributed by atoms with Crippen molar-refractivity contribution >= 4 is 29.2 Å². The minimum atomic E-state index is -1.21. The quantitative estimate of drug-likeness (QED) is 0.783. The molecule has 0 fully saturated rings. The van der Waals surface area contributed by atoms with E-state index in [9.17, 15) is 9.59 Å². The highest BCUT2D eigenvalue weighted by Crippen LogP contribution is 2.20. The number of aliphatic carboxylic acids is 1. The molecule has 1 rings (SSSR count). The van der Waals surface area contributed by atoms with Crippen molar-refractivity contribution in [3.8, 4) is 6.07 Å². The van der Waals surface area contributed by atoms with Gasteiger partial charge in [0, 0.05) is 5.69 Å². The van der Waals surface area contributed by atoms with E-state index in [0.29, 0.717) is 5.69 Å². The standard InChI is InChI=1S/C10H7ClN2O3/c11-8-3-7(2-1-6(8)5-12)13-9(14)4-10(15)16/h1-3H,4H2,(H,13,14)(H,15,16). The van der Waals surface area contributed by atoms with Crippen LogP contribution < -0.4 is 5.32 Å². The number of nitrogens with one attached hydrogen (secondary N) is 1. The molecule has 0 aliphatic heterocycles. The fourth-order valence-electron chi connectivity index (χ4n) is 1.03. The second kappa shape index (κ2) is 5.14. The van der Waals surface area contributed by atoms with Gasteiger partial charge in [-0.3, -0.25) is 9.59 Å². The molecule has 5 nitrogen and oxygen atoms in total. The van der Waals surface area contributed by atoms with Crippen LogP contribution in [0.15, 0.2) is 18.2 Å². The summed E-state index contributed by atoms with van der Waals surface area (Å²) in [5, 5.41) is 19.5. The van der Waals surface area contributed by atoms with Gasteiger partial charge in [-0.15, -0.1) is 0 Å². The topological polar surface area (TPSA) is 90.2 Å².